The molecule has 0 amide bonds. The van der Waals surface area contributed by atoms with Crippen molar-refractivity contribution in [3.05, 3.63) is 35.1 Å². The van der Waals surface area contributed by atoms with Gasteiger partial charge in [0, 0.05) is 26.2 Å². The maximum Gasteiger partial charge on any atom is 0.194 e. The summed E-state index contributed by atoms with van der Waals surface area (Å²) in [6.07, 6.45) is 0.582. The van der Waals surface area contributed by atoms with Gasteiger partial charge in [0.05, 0.1) is 11.5 Å². The van der Waals surface area contributed by atoms with E-state index in [0.29, 0.717) is 18.9 Å². The van der Waals surface area contributed by atoms with Gasteiger partial charge < -0.3 is 10.2 Å². The molecule has 5 nitrogen and oxygen atoms in total. The fourth-order valence-corrected chi connectivity index (χ4v) is 4.66. The minimum absolute atomic E-state index is 0. The summed E-state index contributed by atoms with van der Waals surface area (Å²) < 4.78 is 63.0. The summed E-state index contributed by atoms with van der Waals surface area (Å²) in [5.41, 5.74) is 0.269. The van der Waals surface area contributed by atoms with Gasteiger partial charge in [-0.15, -0.1) is 24.0 Å². The molecule has 1 heterocycles. The molecule has 1 atom stereocenters. The number of aliphatic imine (C=N–C) groups is 1. The van der Waals surface area contributed by atoms with E-state index in [1.54, 1.807) is 11.9 Å². The summed E-state index contributed by atoms with van der Waals surface area (Å²) in [5.74, 6) is -3.19. The molecule has 1 aromatic rings. The zero-order valence-electron chi connectivity index (χ0n) is 15.5. The van der Waals surface area contributed by atoms with Gasteiger partial charge in [-0.05, 0) is 43.9 Å². The van der Waals surface area contributed by atoms with Crippen LogP contribution in [0.2, 0.25) is 0 Å². The highest BCUT2D eigenvalue weighted by Crippen LogP contribution is 2.19. The van der Waals surface area contributed by atoms with Gasteiger partial charge >= 0.3 is 0 Å². The minimum atomic E-state index is -2.97. The Labute approximate surface area is 175 Å². The van der Waals surface area contributed by atoms with E-state index in [1.165, 1.54) is 0 Å². The van der Waals surface area contributed by atoms with Crippen molar-refractivity contribution < 1.29 is 21.6 Å². The number of sulfone groups is 1. The van der Waals surface area contributed by atoms with Gasteiger partial charge in [0.2, 0.25) is 0 Å². The lowest BCUT2D eigenvalue weighted by atomic mass is 10.1. The molecular formula is C17H25F3IN3O2S. The fraction of sp³-hybridized carbons (Fsp3) is 0.588. The van der Waals surface area contributed by atoms with E-state index in [2.05, 4.69) is 10.3 Å². The maximum absolute atomic E-state index is 13.4. The first kappa shape index (κ1) is 24.0. The van der Waals surface area contributed by atoms with Crippen LogP contribution in [0.3, 0.4) is 0 Å². The standard InChI is InChI=1S/C17H24F3N3O2S.HI/c1-11(2)22-17(21-8-12-4-5-26(24,25)10-12)23(3)9-13-6-14(18)16(20)15(19)7-13;/h6-7,11-12H,4-5,8-10H2,1-3H3,(H,21,22);1H. The summed E-state index contributed by atoms with van der Waals surface area (Å²) in [4.78, 5) is 6.14. The van der Waals surface area contributed by atoms with Gasteiger partial charge in [-0.1, -0.05) is 0 Å². The Bertz CT molecular complexity index is 765. The molecule has 1 aliphatic rings. The number of nitrogens with zero attached hydrogens (tertiary/aromatic N) is 2. The van der Waals surface area contributed by atoms with Gasteiger partial charge in [-0.2, -0.15) is 0 Å². The third-order valence-corrected chi connectivity index (χ3v) is 5.91. The van der Waals surface area contributed by atoms with Crippen molar-refractivity contribution in [2.45, 2.75) is 32.9 Å². The number of benzene rings is 1. The van der Waals surface area contributed by atoms with Crippen molar-refractivity contribution >= 4 is 39.8 Å². The molecule has 0 bridgehead atoms. The zero-order valence-corrected chi connectivity index (χ0v) is 18.7. The normalized spacial score (nSPS) is 19.1. The fourth-order valence-electron chi connectivity index (χ4n) is 2.81. The average molecular weight is 519 g/mol. The SMILES string of the molecule is CC(C)NC(=NCC1CCS(=O)(=O)C1)N(C)Cc1cc(F)c(F)c(F)c1.I. The molecule has 0 radical (unpaired) electrons. The lowest BCUT2D eigenvalue weighted by molar-refractivity contribution is 0.431. The zero-order chi connectivity index (χ0) is 19.5. The van der Waals surface area contributed by atoms with Gasteiger partial charge in [0.1, 0.15) is 0 Å². The summed E-state index contributed by atoms with van der Waals surface area (Å²) >= 11 is 0. The average Bonchev–Trinajstić information content (AvgIpc) is 2.87. The van der Waals surface area contributed by atoms with Crippen LogP contribution in [0.4, 0.5) is 13.2 Å². The van der Waals surface area contributed by atoms with Gasteiger partial charge in [0.25, 0.3) is 0 Å². The van der Waals surface area contributed by atoms with E-state index >= 15 is 0 Å². The highest BCUT2D eigenvalue weighted by atomic mass is 127. The summed E-state index contributed by atoms with van der Waals surface area (Å²) in [5, 5.41) is 3.15. The van der Waals surface area contributed by atoms with E-state index in [-0.39, 0.29) is 59.6 Å². The largest absolute Gasteiger partial charge is 0.354 e. The van der Waals surface area contributed by atoms with E-state index in [1.807, 2.05) is 13.8 Å². The smallest absolute Gasteiger partial charge is 0.194 e. The number of halogens is 4. The van der Waals surface area contributed by atoms with Crippen molar-refractivity contribution in [3.63, 3.8) is 0 Å². The van der Waals surface area contributed by atoms with Crippen LogP contribution in [-0.2, 0) is 16.4 Å². The lowest BCUT2D eigenvalue weighted by Gasteiger charge is -2.25. The molecule has 0 spiro atoms. The first-order valence-electron chi connectivity index (χ1n) is 8.43. The third-order valence-electron chi connectivity index (χ3n) is 4.07. The molecule has 10 heteroatoms. The predicted octanol–water partition coefficient (Wildman–Crippen LogP) is 2.94. The van der Waals surface area contributed by atoms with Crippen molar-refractivity contribution in [2.75, 3.05) is 25.1 Å². The third kappa shape index (κ3) is 7.13. The highest BCUT2D eigenvalue weighted by Gasteiger charge is 2.27. The van der Waals surface area contributed by atoms with E-state index < -0.39 is 27.3 Å². The monoisotopic (exact) mass is 519 g/mol. The van der Waals surface area contributed by atoms with E-state index in [4.69, 9.17) is 0 Å². The molecule has 154 valence electrons. The number of hydrogen-bond donors (Lipinski definition) is 1. The van der Waals surface area contributed by atoms with Crippen molar-refractivity contribution in [3.8, 4) is 0 Å². The second kappa shape index (κ2) is 9.94. The van der Waals surface area contributed by atoms with Crippen molar-refractivity contribution in [2.24, 2.45) is 10.9 Å². The van der Waals surface area contributed by atoms with Gasteiger partial charge in [-0.3, -0.25) is 4.99 Å². The Kier molecular flexibility index (Phi) is 8.84. The second-order valence-electron chi connectivity index (χ2n) is 6.96. The molecule has 1 N–H and O–H groups in total. The van der Waals surface area contributed by atoms with Crippen LogP contribution in [0.15, 0.2) is 17.1 Å². The summed E-state index contributed by atoms with van der Waals surface area (Å²) in [6.45, 7) is 4.31. The molecule has 1 unspecified atom stereocenters. The molecule has 0 saturated carbocycles. The quantitative estimate of drug-likeness (QED) is 0.282. The van der Waals surface area contributed by atoms with E-state index in [0.717, 1.165) is 12.1 Å². The minimum Gasteiger partial charge on any atom is -0.354 e. The Morgan fingerprint density at radius 2 is 1.89 bits per heavy atom. The molecule has 2 rings (SSSR count). The summed E-state index contributed by atoms with van der Waals surface area (Å²) in [7, 11) is -1.28. The second-order valence-corrected chi connectivity index (χ2v) is 9.19. The Morgan fingerprint density at radius 3 is 2.37 bits per heavy atom. The topological polar surface area (TPSA) is 61.8 Å². The molecule has 1 aliphatic heterocycles. The van der Waals surface area contributed by atoms with Crippen LogP contribution in [0, 0.1) is 23.4 Å². The van der Waals surface area contributed by atoms with Crippen LogP contribution in [0.1, 0.15) is 25.8 Å². The molecule has 27 heavy (non-hydrogen) atoms. The number of guanidine groups is 1. The molecule has 1 aromatic carbocycles. The van der Waals surface area contributed by atoms with Gasteiger partial charge in [-0.25, -0.2) is 21.6 Å². The summed E-state index contributed by atoms with van der Waals surface area (Å²) in [6, 6.07) is 1.96. The van der Waals surface area contributed by atoms with Crippen LogP contribution < -0.4 is 5.32 Å². The van der Waals surface area contributed by atoms with Crippen LogP contribution >= 0.6 is 24.0 Å². The van der Waals surface area contributed by atoms with Crippen LogP contribution in [-0.4, -0.2) is 50.4 Å². The predicted molar refractivity (Wildman–Crippen MR) is 111 cm³/mol. The maximum atomic E-state index is 13.4. The number of rotatable bonds is 5. The van der Waals surface area contributed by atoms with Crippen molar-refractivity contribution in [1.82, 2.24) is 10.2 Å². The lowest BCUT2D eigenvalue weighted by Crippen LogP contribution is -2.42. The van der Waals surface area contributed by atoms with Gasteiger partial charge in [0.15, 0.2) is 33.2 Å². The Morgan fingerprint density at radius 1 is 1.30 bits per heavy atom. The Balaban J connectivity index is 0.00000364. The van der Waals surface area contributed by atoms with Crippen LogP contribution in [0.5, 0.6) is 0 Å². The van der Waals surface area contributed by atoms with Crippen LogP contribution in [0.25, 0.3) is 0 Å². The molecule has 0 aromatic heterocycles. The Hall–Kier alpha value is -1.04. The molecule has 0 aliphatic carbocycles. The first-order chi connectivity index (χ1) is 12.1. The number of hydrogen-bond acceptors (Lipinski definition) is 3. The van der Waals surface area contributed by atoms with E-state index in [9.17, 15) is 21.6 Å². The molecule has 1 fully saturated rings. The molecular weight excluding hydrogens is 494 g/mol. The number of nitrogens with one attached hydrogen (secondary N) is 1. The first-order valence-corrected chi connectivity index (χ1v) is 10.3. The molecule has 1 saturated heterocycles. The van der Waals surface area contributed by atoms with Crippen molar-refractivity contribution in [1.29, 1.82) is 0 Å². The highest BCUT2D eigenvalue weighted by molar-refractivity contribution is 14.0.